The number of para-hydroxylation sites is 1. The van der Waals surface area contributed by atoms with E-state index in [1.165, 1.54) is 24.6 Å². The molecule has 2 N–H and O–H groups in total. The summed E-state index contributed by atoms with van der Waals surface area (Å²) in [6, 6.07) is 9.60. The molecule has 0 spiro atoms. The molecule has 2 aliphatic rings. The highest BCUT2D eigenvalue weighted by Crippen LogP contribution is 2.27. The zero-order valence-corrected chi connectivity index (χ0v) is 13.1. The van der Waals surface area contributed by atoms with E-state index in [1.54, 1.807) is 0 Å². The minimum atomic E-state index is -0.385. The average Bonchev–Trinajstić information content (AvgIpc) is 3.11. The largest absolute Gasteiger partial charge is 0.326 e. The molecule has 1 aromatic carbocycles. The molecule has 3 rings (SSSR count). The van der Waals surface area contributed by atoms with Crippen LogP contribution >= 0.6 is 11.8 Å². The van der Waals surface area contributed by atoms with Crippen LogP contribution in [-0.4, -0.2) is 28.3 Å². The van der Waals surface area contributed by atoms with E-state index in [2.05, 4.69) is 15.6 Å². The first-order chi connectivity index (χ1) is 10.7. The van der Waals surface area contributed by atoms with Crippen LogP contribution in [0.3, 0.4) is 0 Å². The third kappa shape index (κ3) is 3.88. The van der Waals surface area contributed by atoms with Crippen molar-refractivity contribution in [1.82, 2.24) is 5.32 Å². The van der Waals surface area contributed by atoms with Crippen molar-refractivity contribution in [3.63, 3.8) is 0 Å². The lowest BCUT2D eigenvalue weighted by molar-refractivity contribution is -0.122. The number of amides is 2. The topological polar surface area (TPSA) is 70.6 Å². The van der Waals surface area contributed by atoms with Gasteiger partial charge in [-0.3, -0.25) is 14.6 Å². The van der Waals surface area contributed by atoms with Gasteiger partial charge >= 0.3 is 0 Å². The van der Waals surface area contributed by atoms with Crippen molar-refractivity contribution in [3.05, 3.63) is 30.3 Å². The van der Waals surface area contributed by atoms with Crippen LogP contribution in [0.15, 0.2) is 35.3 Å². The number of aliphatic imine (C=N–C) groups is 1. The van der Waals surface area contributed by atoms with Crippen LogP contribution in [0.25, 0.3) is 0 Å². The van der Waals surface area contributed by atoms with Gasteiger partial charge in [-0.15, -0.1) is 0 Å². The summed E-state index contributed by atoms with van der Waals surface area (Å²) < 4.78 is 0. The van der Waals surface area contributed by atoms with Crippen molar-refractivity contribution >= 4 is 34.4 Å². The number of nitrogens with zero attached hydrogens (tertiary/aromatic N) is 1. The number of carbonyl (C=O) groups is 2. The van der Waals surface area contributed by atoms with Crippen molar-refractivity contribution < 1.29 is 9.59 Å². The molecule has 1 saturated carbocycles. The van der Waals surface area contributed by atoms with Gasteiger partial charge in [0.2, 0.25) is 11.8 Å². The molecule has 2 fully saturated rings. The molecule has 1 unspecified atom stereocenters. The Morgan fingerprint density at radius 1 is 1.27 bits per heavy atom. The molecule has 1 aliphatic carbocycles. The first-order valence-electron chi connectivity index (χ1n) is 7.61. The maximum absolute atomic E-state index is 12.0. The number of amidine groups is 1. The minimum Gasteiger partial charge on any atom is -0.326 e. The molecule has 116 valence electrons. The van der Waals surface area contributed by atoms with E-state index < -0.39 is 0 Å². The second-order valence-corrected chi connectivity index (χ2v) is 6.78. The number of nitrogens with one attached hydrogen (secondary N) is 2. The lowest BCUT2D eigenvalue weighted by Crippen LogP contribution is -2.28. The number of hydrogen-bond donors (Lipinski definition) is 2. The van der Waals surface area contributed by atoms with E-state index in [-0.39, 0.29) is 23.5 Å². The van der Waals surface area contributed by atoms with E-state index in [0.29, 0.717) is 11.2 Å². The minimum absolute atomic E-state index is 0.120. The summed E-state index contributed by atoms with van der Waals surface area (Å²) in [6.45, 7) is 0. The van der Waals surface area contributed by atoms with E-state index in [9.17, 15) is 9.59 Å². The second kappa shape index (κ2) is 6.96. The van der Waals surface area contributed by atoms with Crippen LogP contribution < -0.4 is 10.6 Å². The smallest absolute Gasteiger partial charge is 0.240 e. The van der Waals surface area contributed by atoms with E-state index in [1.807, 2.05) is 30.3 Å². The molecule has 6 heteroatoms. The third-order valence-electron chi connectivity index (χ3n) is 3.83. The molecule has 1 atom stereocenters. The Hall–Kier alpha value is -1.82. The van der Waals surface area contributed by atoms with Crippen LogP contribution in [-0.2, 0) is 9.59 Å². The zero-order chi connectivity index (χ0) is 15.4. The van der Waals surface area contributed by atoms with Crippen molar-refractivity contribution in [2.24, 2.45) is 4.99 Å². The van der Waals surface area contributed by atoms with Crippen molar-refractivity contribution in [1.29, 1.82) is 0 Å². The summed E-state index contributed by atoms with van der Waals surface area (Å²) >= 11 is 1.37. The Morgan fingerprint density at radius 2 is 2.00 bits per heavy atom. The van der Waals surface area contributed by atoms with Crippen molar-refractivity contribution in [3.8, 4) is 0 Å². The molecule has 5 nitrogen and oxygen atoms in total. The summed E-state index contributed by atoms with van der Waals surface area (Å²) in [5.41, 5.74) is 0.746. The van der Waals surface area contributed by atoms with Crippen molar-refractivity contribution in [2.45, 2.75) is 43.4 Å². The summed E-state index contributed by atoms with van der Waals surface area (Å²) in [5.74, 6) is -0.272. The first kappa shape index (κ1) is 15.1. The van der Waals surface area contributed by atoms with Gasteiger partial charge in [-0.1, -0.05) is 42.8 Å². The summed E-state index contributed by atoms with van der Waals surface area (Å²) in [6.07, 6.45) is 4.78. The standard InChI is InChI=1S/C16H19N3O2S/c20-14(17-11-6-2-1-3-7-11)10-13-15(21)19-16(22-13)18-12-8-4-5-9-12/h1-3,6-7,12-13H,4-5,8-10H2,(H,17,20)(H,18,19,21). The molecule has 1 heterocycles. The Kier molecular flexibility index (Phi) is 4.77. The van der Waals surface area contributed by atoms with E-state index in [4.69, 9.17) is 0 Å². The highest BCUT2D eigenvalue weighted by Gasteiger charge is 2.32. The van der Waals surface area contributed by atoms with Gasteiger partial charge in [0.15, 0.2) is 5.17 Å². The number of benzene rings is 1. The van der Waals surface area contributed by atoms with Crippen molar-refractivity contribution in [2.75, 3.05) is 5.32 Å². The lowest BCUT2D eigenvalue weighted by atomic mass is 10.2. The normalized spacial score (nSPS) is 23.7. The molecule has 22 heavy (non-hydrogen) atoms. The van der Waals surface area contributed by atoms with E-state index >= 15 is 0 Å². The Balaban J connectivity index is 1.54. The van der Waals surface area contributed by atoms with Gasteiger partial charge in [0, 0.05) is 12.1 Å². The molecule has 0 aromatic heterocycles. The fourth-order valence-corrected chi connectivity index (χ4v) is 3.74. The Labute approximate surface area is 134 Å². The molecular formula is C16H19N3O2S. The fourth-order valence-electron chi connectivity index (χ4n) is 2.70. The van der Waals surface area contributed by atoms with Crippen LogP contribution in [0, 0.1) is 0 Å². The SMILES string of the molecule is O=C(CC1SC(=NC2CCCC2)NC1=O)Nc1ccccc1. The van der Waals surface area contributed by atoms with Crippen LogP contribution in [0.4, 0.5) is 5.69 Å². The Morgan fingerprint density at radius 3 is 2.73 bits per heavy atom. The lowest BCUT2D eigenvalue weighted by Gasteiger charge is -2.07. The van der Waals surface area contributed by atoms with E-state index in [0.717, 1.165) is 18.5 Å². The van der Waals surface area contributed by atoms with Crippen LogP contribution in [0.5, 0.6) is 0 Å². The number of hydrogen-bond acceptors (Lipinski definition) is 4. The molecule has 1 aromatic rings. The molecule has 2 amide bonds. The van der Waals surface area contributed by atoms with Gasteiger partial charge < -0.3 is 10.6 Å². The highest BCUT2D eigenvalue weighted by atomic mass is 32.2. The van der Waals surface area contributed by atoms with Gasteiger partial charge in [-0.2, -0.15) is 0 Å². The van der Waals surface area contributed by atoms with Gasteiger partial charge in [0.25, 0.3) is 0 Å². The van der Waals surface area contributed by atoms with Gasteiger partial charge in [-0.25, -0.2) is 0 Å². The molecule has 0 bridgehead atoms. The highest BCUT2D eigenvalue weighted by molar-refractivity contribution is 8.15. The second-order valence-electron chi connectivity index (χ2n) is 5.59. The summed E-state index contributed by atoms with van der Waals surface area (Å²) in [4.78, 5) is 28.6. The van der Waals surface area contributed by atoms with Gasteiger partial charge in [0.1, 0.15) is 5.25 Å². The number of anilines is 1. The number of thioether (sulfide) groups is 1. The molecular weight excluding hydrogens is 298 g/mol. The maximum Gasteiger partial charge on any atom is 0.240 e. The monoisotopic (exact) mass is 317 g/mol. The van der Waals surface area contributed by atoms with Gasteiger partial charge in [-0.05, 0) is 25.0 Å². The fraction of sp³-hybridized carbons (Fsp3) is 0.438. The molecule has 1 aliphatic heterocycles. The zero-order valence-electron chi connectivity index (χ0n) is 12.2. The molecule has 0 radical (unpaired) electrons. The van der Waals surface area contributed by atoms with Crippen LogP contribution in [0.2, 0.25) is 0 Å². The maximum atomic E-state index is 12.0. The summed E-state index contributed by atoms with van der Waals surface area (Å²) in [5, 5.41) is 5.89. The third-order valence-corrected chi connectivity index (χ3v) is 4.93. The predicted molar refractivity (Wildman–Crippen MR) is 88.9 cm³/mol. The quantitative estimate of drug-likeness (QED) is 0.896. The Bertz CT molecular complexity index is 582. The average molecular weight is 317 g/mol. The first-order valence-corrected chi connectivity index (χ1v) is 8.49. The number of rotatable bonds is 4. The molecule has 1 saturated heterocycles. The van der Waals surface area contributed by atoms with Crippen LogP contribution in [0.1, 0.15) is 32.1 Å². The summed E-state index contributed by atoms with van der Waals surface area (Å²) in [7, 11) is 0. The van der Waals surface area contributed by atoms with Gasteiger partial charge in [0.05, 0.1) is 6.04 Å². The number of carbonyl (C=O) groups excluding carboxylic acids is 2. The predicted octanol–water partition coefficient (Wildman–Crippen LogP) is 2.55.